The Labute approximate surface area is 174 Å². The van der Waals surface area contributed by atoms with Crippen LogP contribution in [0.4, 0.5) is 0 Å². The third-order valence-electron chi connectivity index (χ3n) is 4.90. The smallest absolute Gasteiger partial charge is 0.224 e. The molecule has 2 aromatic rings. The van der Waals surface area contributed by atoms with E-state index >= 15 is 0 Å². The molecule has 6 nitrogen and oxygen atoms in total. The highest BCUT2D eigenvalue weighted by molar-refractivity contribution is 7.99. The number of ether oxygens (including phenoxy) is 4. The standard InChI is InChI=1S/C22H26O6S/c1-21(2)13-27-22(28-14-21)15-5-3-4-6-18(15)29-20-16(22)7-8-17(25-11-9-23)19(20)26-12-10-24/h3-8,23-24H,9-14H2,1-2H3. The molecule has 0 amide bonds. The molecule has 29 heavy (non-hydrogen) atoms. The van der Waals surface area contributed by atoms with Crippen LogP contribution in [0.15, 0.2) is 46.2 Å². The van der Waals surface area contributed by atoms with Gasteiger partial charge in [0.05, 0.1) is 31.3 Å². The van der Waals surface area contributed by atoms with Crippen LogP contribution in [-0.4, -0.2) is 49.9 Å². The molecule has 0 radical (unpaired) electrons. The highest BCUT2D eigenvalue weighted by Gasteiger charge is 2.49. The molecule has 1 spiro atoms. The summed E-state index contributed by atoms with van der Waals surface area (Å²) in [6.45, 7) is 5.42. The van der Waals surface area contributed by atoms with Gasteiger partial charge in [0.25, 0.3) is 0 Å². The normalized spacial score (nSPS) is 18.8. The van der Waals surface area contributed by atoms with Gasteiger partial charge in [-0.2, -0.15) is 0 Å². The minimum Gasteiger partial charge on any atom is -0.487 e. The Balaban J connectivity index is 1.86. The molecule has 7 heteroatoms. The first-order chi connectivity index (χ1) is 14.0. The number of aliphatic hydroxyl groups excluding tert-OH is 2. The fourth-order valence-electron chi connectivity index (χ4n) is 3.53. The summed E-state index contributed by atoms with van der Waals surface area (Å²) in [5.41, 5.74) is 1.76. The minimum absolute atomic E-state index is 0.0780. The van der Waals surface area contributed by atoms with E-state index in [1.807, 2.05) is 36.4 Å². The molecule has 0 saturated carbocycles. The van der Waals surface area contributed by atoms with Gasteiger partial charge in [0.2, 0.25) is 5.79 Å². The number of aliphatic hydroxyl groups is 2. The molecule has 156 valence electrons. The first-order valence-corrected chi connectivity index (χ1v) is 10.5. The fraction of sp³-hybridized carbons (Fsp3) is 0.455. The molecule has 2 aliphatic heterocycles. The quantitative estimate of drug-likeness (QED) is 0.746. The summed E-state index contributed by atoms with van der Waals surface area (Å²) in [7, 11) is 0. The lowest BCUT2D eigenvalue weighted by molar-refractivity contribution is -0.287. The predicted octanol–water partition coefficient (Wildman–Crippen LogP) is 3.17. The monoisotopic (exact) mass is 418 g/mol. The number of hydrogen-bond acceptors (Lipinski definition) is 7. The molecule has 1 fully saturated rings. The average Bonchev–Trinajstić information content (AvgIpc) is 2.73. The highest BCUT2D eigenvalue weighted by atomic mass is 32.2. The second-order valence-electron chi connectivity index (χ2n) is 7.87. The van der Waals surface area contributed by atoms with Crippen molar-refractivity contribution in [2.24, 2.45) is 5.41 Å². The fourth-order valence-corrected chi connectivity index (χ4v) is 4.77. The minimum atomic E-state index is -1.01. The number of fused-ring (bicyclic) bond motifs is 4. The maximum atomic E-state index is 9.29. The summed E-state index contributed by atoms with van der Waals surface area (Å²) in [5, 5.41) is 18.5. The zero-order valence-corrected chi connectivity index (χ0v) is 17.5. The molecule has 2 aliphatic rings. The number of rotatable bonds is 6. The van der Waals surface area contributed by atoms with Crippen LogP contribution in [-0.2, 0) is 15.3 Å². The zero-order valence-electron chi connectivity index (χ0n) is 16.6. The second-order valence-corrected chi connectivity index (χ2v) is 8.92. The summed E-state index contributed by atoms with van der Waals surface area (Å²) >= 11 is 1.57. The van der Waals surface area contributed by atoms with Crippen molar-refractivity contribution < 1.29 is 29.2 Å². The third-order valence-corrected chi connectivity index (χ3v) is 6.09. The molecule has 2 heterocycles. The van der Waals surface area contributed by atoms with E-state index in [1.54, 1.807) is 11.8 Å². The van der Waals surface area contributed by atoms with Gasteiger partial charge in [0, 0.05) is 21.4 Å². The number of benzene rings is 2. The van der Waals surface area contributed by atoms with Gasteiger partial charge in [-0.3, -0.25) is 0 Å². The van der Waals surface area contributed by atoms with Gasteiger partial charge in [-0.25, -0.2) is 0 Å². The lowest BCUT2D eigenvalue weighted by Crippen LogP contribution is -2.47. The third kappa shape index (κ3) is 3.73. The van der Waals surface area contributed by atoms with Crippen LogP contribution in [0.25, 0.3) is 0 Å². The summed E-state index contributed by atoms with van der Waals surface area (Å²) < 4.78 is 24.4. The lowest BCUT2D eigenvalue weighted by atomic mass is 9.90. The van der Waals surface area contributed by atoms with Crippen molar-refractivity contribution in [1.82, 2.24) is 0 Å². The Hall–Kier alpha value is -1.77. The van der Waals surface area contributed by atoms with E-state index in [9.17, 15) is 5.11 Å². The molecule has 4 rings (SSSR count). The van der Waals surface area contributed by atoms with E-state index in [-0.39, 0.29) is 31.8 Å². The van der Waals surface area contributed by atoms with Gasteiger partial charge in [0.1, 0.15) is 13.2 Å². The first kappa shape index (κ1) is 20.5. The molecule has 1 saturated heterocycles. The lowest BCUT2D eigenvalue weighted by Gasteiger charge is -2.46. The molecule has 0 aromatic heterocycles. The van der Waals surface area contributed by atoms with E-state index in [0.717, 1.165) is 20.9 Å². The Morgan fingerprint density at radius 2 is 1.62 bits per heavy atom. The predicted molar refractivity (Wildman–Crippen MR) is 109 cm³/mol. The van der Waals surface area contributed by atoms with Crippen molar-refractivity contribution in [3.63, 3.8) is 0 Å². The Bertz CT molecular complexity index is 872. The second kappa shape index (κ2) is 8.16. The maximum Gasteiger partial charge on any atom is 0.224 e. The van der Waals surface area contributed by atoms with Gasteiger partial charge in [-0.15, -0.1) is 0 Å². The van der Waals surface area contributed by atoms with Gasteiger partial charge in [0.15, 0.2) is 11.5 Å². The average molecular weight is 419 g/mol. The van der Waals surface area contributed by atoms with Crippen LogP contribution >= 0.6 is 11.8 Å². The van der Waals surface area contributed by atoms with Crippen molar-refractivity contribution in [2.75, 3.05) is 39.6 Å². The van der Waals surface area contributed by atoms with Crippen molar-refractivity contribution in [2.45, 2.75) is 29.4 Å². The largest absolute Gasteiger partial charge is 0.487 e. The van der Waals surface area contributed by atoms with Crippen molar-refractivity contribution in [3.05, 3.63) is 47.5 Å². The molecule has 0 atom stereocenters. The van der Waals surface area contributed by atoms with E-state index in [0.29, 0.717) is 24.7 Å². The first-order valence-electron chi connectivity index (χ1n) is 9.71. The van der Waals surface area contributed by atoms with Crippen molar-refractivity contribution >= 4 is 11.8 Å². The van der Waals surface area contributed by atoms with E-state index < -0.39 is 5.79 Å². The van der Waals surface area contributed by atoms with E-state index in [1.165, 1.54) is 0 Å². The molecule has 0 unspecified atom stereocenters. The summed E-state index contributed by atoms with van der Waals surface area (Å²) in [6.07, 6.45) is 0. The van der Waals surface area contributed by atoms with Crippen molar-refractivity contribution in [3.8, 4) is 11.5 Å². The van der Waals surface area contributed by atoms with E-state index in [2.05, 4.69) is 13.8 Å². The Morgan fingerprint density at radius 1 is 0.931 bits per heavy atom. The molecular formula is C22H26O6S. The number of hydrogen-bond donors (Lipinski definition) is 2. The van der Waals surface area contributed by atoms with Crippen LogP contribution in [0.2, 0.25) is 0 Å². The van der Waals surface area contributed by atoms with Gasteiger partial charge in [-0.1, -0.05) is 43.8 Å². The summed E-state index contributed by atoms with van der Waals surface area (Å²) in [5.74, 6) is 0.0322. The maximum absolute atomic E-state index is 9.29. The van der Waals surface area contributed by atoms with Crippen LogP contribution in [0.3, 0.4) is 0 Å². The van der Waals surface area contributed by atoms with Crippen LogP contribution < -0.4 is 9.47 Å². The van der Waals surface area contributed by atoms with Gasteiger partial charge < -0.3 is 29.2 Å². The van der Waals surface area contributed by atoms with Crippen LogP contribution in [0, 0.1) is 5.41 Å². The highest BCUT2D eigenvalue weighted by Crippen LogP contribution is 2.57. The van der Waals surface area contributed by atoms with E-state index in [4.69, 9.17) is 24.1 Å². The summed E-state index contributed by atoms with van der Waals surface area (Å²) in [4.78, 5) is 1.86. The summed E-state index contributed by atoms with van der Waals surface area (Å²) in [6, 6.07) is 11.8. The van der Waals surface area contributed by atoms with Crippen LogP contribution in [0.1, 0.15) is 25.0 Å². The van der Waals surface area contributed by atoms with Crippen molar-refractivity contribution in [1.29, 1.82) is 0 Å². The Morgan fingerprint density at radius 3 is 2.34 bits per heavy atom. The SMILES string of the molecule is CC1(C)COC2(OC1)c1ccccc1Sc1c2ccc(OCCO)c1OCCO. The molecule has 0 bridgehead atoms. The molecular weight excluding hydrogens is 392 g/mol. The topological polar surface area (TPSA) is 77.4 Å². The Kier molecular flexibility index (Phi) is 5.77. The molecule has 0 aliphatic carbocycles. The zero-order chi connectivity index (χ0) is 20.5. The van der Waals surface area contributed by atoms with Gasteiger partial charge in [-0.05, 0) is 18.2 Å². The van der Waals surface area contributed by atoms with Gasteiger partial charge >= 0.3 is 0 Å². The van der Waals surface area contributed by atoms with Crippen LogP contribution in [0.5, 0.6) is 11.5 Å². The molecule has 2 N–H and O–H groups in total. The molecule has 2 aromatic carbocycles.